The summed E-state index contributed by atoms with van der Waals surface area (Å²) in [5, 5.41) is 9.06. The molecule has 1 N–H and O–H groups in total. The monoisotopic (exact) mass is 337 g/mol. The van der Waals surface area contributed by atoms with Crippen molar-refractivity contribution >= 4 is 27.4 Å². The molecule has 6 nitrogen and oxygen atoms in total. The lowest BCUT2D eigenvalue weighted by Gasteiger charge is -2.09. The first-order valence-corrected chi connectivity index (χ1v) is 7.98. The third kappa shape index (κ3) is 3.74. The topological polar surface area (TPSA) is 92.1 Å². The molecule has 0 bridgehead atoms. The molecule has 1 aromatic carbocycles. The van der Waals surface area contributed by atoms with Gasteiger partial charge >= 0.3 is 0 Å². The van der Waals surface area contributed by atoms with Crippen LogP contribution < -0.4 is 4.72 Å². The van der Waals surface area contributed by atoms with Crippen molar-refractivity contribution in [2.24, 2.45) is 0 Å². The van der Waals surface area contributed by atoms with Gasteiger partial charge in [0.05, 0.1) is 22.1 Å². The highest BCUT2D eigenvalue weighted by Gasteiger charge is 2.16. The highest BCUT2D eigenvalue weighted by molar-refractivity contribution is 7.92. The van der Waals surface area contributed by atoms with E-state index in [1.807, 2.05) is 6.07 Å². The summed E-state index contributed by atoms with van der Waals surface area (Å²) in [4.78, 5) is 3.94. The van der Waals surface area contributed by atoms with E-state index in [1.165, 1.54) is 31.5 Å². The van der Waals surface area contributed by atoms with Crippen LogP contribution in [-0.2, 0) is 21.4 Å². The number of nitrogens with zero attached hydrogens (tertiary/aromatic N) is 2. The van der Waals surface area contributed by atoms with E-state index in [2.05, 4.69) is 9.71 Å². The van der Waals surface area contributed by atoms with Crippen molar-refractivity contribution in [1.29, 1.82) is 5.26 Å². The Labute approximate surface area is 133 Å². The van der Waals surface area contributed by atoms with Crippen LogP contribution in [0.4, 0.5) is 5.82 Å². The van der Waals surface area contributed by atoms with Crippen molar-refractivity contribution in [1.82, 2.24) is 4.98 Å². The van der Waals surface area contributed by atoms with Gasteiger partial charge in [-0.15, -0.1) is 0 Å². The smallest absolute Gasteiger partial charge is 0.263 e. The van der Waals surface area contributed by atoms with Crippen molar-refractivity contribution in [3.05, 3.63) is 52.7 Å². The van der Waals surface area contributed by atoms with E-state index in [-0.39, 0.29) is 21.3 Å². The summed E-state index contributed by atoms with van der Waals surface area (Å²) in [5.41, 5.74) is 0.870. The third-order valence-corrected chi connectivity index (χ3v) is 4.39. The predicted octanol–water partition coefficient (Wildman–Crippen LogP) is 2.55. The van der Waals surface area contributed by atoms with Crippen molar-refractivity contribution in [3.8, 4) is 6.07 Å². The van der Waals surface area contributed by atoms with Crippen LogP contribution in [0, 0.1) is 11.3 Å². The maximum Gasteiger partial charge on any atom is 0.263 e. The molecule has 0 amide bonds. The van der Waals surface area contributed by atoms with Crippen LogP contribution in [-0.4, -0.2) is 20.5 Å². The number of ether oxygens (including phenoxy) is 1. The fourth-order valence-electron chi connectivity index (χ4n) is 1.75. The lowest BCUT2D eigenvalue weighted by molar-refractivity contribution is 0.184. The largest absolute Gasteiger partial charge is 0.380 e. The Balaban J connectivity index is 2.32. The molecular formula is C14H12ClN3O3S. The summed E-state index contributed by atoms with van der Waals surface area (Å²) in [6.07, 6.45) is 1.22. The lowest BCUT2D eigenvalue weighted by atomic mass is 10.2. The van der Waals surface area contributed by atoms with Gasteiger partial charge in [0.1, 0.15) is 11.9 Å². The third-order valence-electron chi connectivity index (χ3n) is 2.73. The number of halogens is 1. The Hall–Kier alpha value is -2.14. The van der Waals surface area contributed by atoms with Crippen molar-refractivity contribution in [2.75, 3.05) is 11.8 Å². The summed E-state index contributed by atoms with van der Waals surface area (Å²) in [6, 6.07) is 9.49. The normalized spacial score (nSPS) is 11.0. The molecule has 0 saturated carbocycles. The predicted molar refractivity (Wildman–Crippen MR) is 81.9 cm³/mol. The SMILES string of the molecule is COCc1cccc(S(=O)(=O)Nc2cc(C#N)c(Cl)cn2)c1. The molecule has 8 heteroatoms. The van der Waals surface area contributed by atoms with Gasteiger partial charge < -0.3 is 4.74 Å². The van der Waals surface area contributed by atoms with E-state index in [1.54, 1.807) is 12.1 Å². The van der Waals surface area contributed by atoms with Crippen LogP contribution >= 0.6 is 11.6 Å². The zero-order valence-corrected chi connectivity index (χ0v) is 13.1. The van der Waals surface area contributed by atoms with Gasteiger partial charge in [0.2, 0.25) is 0 Å². The van der Waals surface area contributed by atoms with Gasteiger partial charge in [0, 0.05) is 19.4 Å². The molecule has 114 valence electrons. The second kappa shape index (κ2) is 6.75. The molecular weight excluding hydrogens is 326 g/mol. The molecule has 2 aromatic rings. The molecule has 1 heterocycles. The summed E-state index contributed by atoms with van der Waals surface area (Å²) in [7, 11) is -2.28. The molecule has 22 heavy (non-hydrogen) atoms. The highest BCUT2D eigenvalue weighted by atomic mass is 35.5. The average Bonchev–Trinajstić information content (AvgIpc) is 2.49. The fraction of sp³-hybridized carbons (Fsp3) is 0.143. The maximum atomic E-state index is 12.3. The summed E-state index contributed by atoms with van der Waals surface area (Å²) in [6.45, 7) is 0.307. The molecule has 0 aliphatic rings. The van der Waals surface area contributed by atoms with E-state index in [4.69, 9.17) is 21.6 Å². The summed E-state index contributed by atoms with van der Waals surface area (Å²) < 4.78 is 32.0. The van der Waals surface area contributed by atoms with Crippen molar-refractivity contribution < 1.29 is 13.2 Å². The Morgan fingerprint density at radius 2 is 2.18 bits per heavy atom. The number of aromatic nitrogens is 1. The number of pyridine rings is 1. The van der Waals surface area contributed by atoms with Gasteiger partial charge in [-0.25, -0.2) is 13.4 Å². The number of sulfonamides is 1. The fourth-order valence-corrected chi connectivity index (χ4v) is 2.96. The van der Waals surface area contributed by atoms with Crippen LogP contribution in [0.3, 0.4) is 0 Å². The molecule has 0 aliphatic heterocycles. The number of nitrogens with one attached hydrogen (secondary N) is 1. The van der Waals surface area contributed by atoms with Gasteiger partial charge in [-0.2, -0.15) is 5.26 Å². The number of hydrogen-bond acceptors (Lipinski definition) is 5. The number of methoxy groups -OCH3 is 1. The van der Waals surface area contributed by atoms with E-state index >= 15 is 0 Å². The Kier molecular flexibility index (Phi) is 4.98. The Morgan fingerprint density at radius 3 is 2.86 bits per heavy atom. The Morgan fingerprint density at radius 1 is 1.41 bits per heavy atom. The second-order valence-electron chi connectivity index (χ2n) is 4.35. The molecule has 1 aromatic heterocycles. The number of hydrogen-bond donors (Lipinski definition) is 1. The van der Waals surface area contributed by atoms with Crippen LogP contribution in [0.5, 0.6) is 0 Å². The van der Waals surface area contributed by atoms with Gasteiger partial charge in [-0.3, -0.25) is 4.72 Å². The van der Waals surface area contributed by atoms with Crippen LogP contribution in [0.25, 0.3) is 0 Å². The molecule has 0 spiro atoms. The first-order chi connectivity index (χ1) is 10.5. The molecule has 0 radical (unpaired) electrons. The van der Waals surface area contributed by atoms with E-state index < -0.39 is 10.0 Å². The standard InChI is InChI=1S/C14H12ClN3O3S/c1-21-9-10-3-2-4-12(5-10)22(19,20)18-14-6-11(7-16)13(15)8-17-14/h2-6,8H,9H2,1H3,(H,17,18). The van der Waals surface area contributed by atoms with E-state index in [0.717, 1.165) is 5.56 Å². The van der Waals surface area contributed by atoms with Crippen LogP contribution in [0.15, 0.2) is 41.4 Å². The second-order valence-corrected chi connectivity index (χ2v) is 6.44. The quantitative estimate of drug-likeness (QED) is 0.905. The molecule has 0 unspecified atom stereocenters. The number of benzene rings is 1. The van der Waals surface area contributed by atoms with Gasteiger partial charge in [0.25, 0.3) is 10.0 Å². The molecule has 0 saturated heterocycles. The minimum Gasteiger partial charge on any atom is -0.380 e. The van der Waals surface area contributed by atoms with Gasteiger partial charge in [-0.1, -0.05) is 23.7 Å². The van der Waals surface area contributed by atoms with Crippen LogP contribution in [0.2, 0.25) is 5.02 Å². The average molecular weight is 338 g/mol. The zero-order chi connectivity index (χ0) is 16.2. The van der Waals surface area contributed by atoms with Gasteiger partial charge in [0.15, 0.2) is 0 Å². The first kappa shape index (κ1) is 16.2. The summed E-state index contributed by atoms with van der Waals surface area (Å²) in [5.74, 6) is 0.0260. The molecule has 0 aliphatic carbocycles. The summed E-state index contributed by atoms with van der Waals surface area (Å²) >= 11 is 5.76. The molecule has 0 atom stereocenters. The van der Waals surface area contributed by atoms with E-state index in [0.29, 0.717) is 6.61 Å². The number of nitriles is 1. The first-order valence-electron chi connectivity index (χ1n) is 6.12. The molecule has 2 rings (SSSR count). The minimum absolute atomic E-state index is 0.0260. The highest BCUT2D eigenvalue weighted by Crippen LogP contribution is 2.20. The lowest BCUT2D eigenvalue weighted by Crippen LogP contribution is -2.14. The Bertz CT molecular complexity index is 831. The van der Waals surface area contributed by atoms with E-state index in [9.17, 15) is 8.42 Å². The zero-order valence-electron chi connectivity index (χ0n) is 11.6. The number of rotatable bonds is 5. The number of anilines is 1. The minimum atomic E-state index is -3.81. The van der Waals surface area contributed by atoms with Crippen LogP contribution in [0.1, 0.15) is 11.1 Å². The molecule has 0 fully saturated rings. The van der Waals surface area contributed by atoms with Gasteiger partial charge in [-0.05, 0) is 17.7 Å². The van der Waals surface area contributed by atoms with Crippen molar-refractivity contribution in [3.63, 3.8) is 0 Å². The maximum absolute atomic E-state index is 12.3. The van der Waals surface area contributed by atoms with Crippen molar-refractivity contribution in [2.45, 2.75) is 11.5 Å².